The fourth-order valence-electron chi connectivity index (χ4n) is 3.39. The van der Waals surface area contributed by atoms with E-state index in [1.54, 1.807) is 0 Å². The topological polar surface area (TPSA) is 9.23 Å². The van der Waals surface area contributed by atoms with E-state index in [1.165, 1.54) is 12.1 Å². The molecule has 0 atom stereocenters. The Morgan fingerprint density at radius 2 is 1.35 bits per heavy atom. The van der Waals surface area contributed by atoms with E-state index < -0.39 is 41.4 Å². The Balaban J connectivity index is 1.74. The number of hydrogen-bond acceptors (Lipinski definition) is 1. The molecule has 26 heavy (non-hydrogen) atoms. The molecule has 2 aromatic rings. The molecule has 0 bridgehead atoms. The van der Waals surface area contributed by atoms with E-state index in [1.807, 2.05) is 0 Å². The first-order valence-corrected chi connectivity index (χ1v) is 8.60. The van der Waals surface area contributed by atoms with Gasteiger partial charge >= 0.3 is 0 Å². The standard InChI is InChI=1S/C20H19F5O/c1-11-2-4-13(5-3-11)14-8-17(23)20(18(24)9-14)26-10-12-6-15(21)19(25)16(22)7-12/h6-9,11,13H,2-5,10H2,1H3. The minimum Gasteiger partial charge on any atom is -0.483 e. The third-order valence-corrected chi connectivity index (χ3v) is 4.93. The van der Waals surface area contributed by atoms with Gasteiger partial charge in [0.05, 0.1) is 0 Å². The first-order chi connectivity index (χ1) is 12.3. The van der Waals surface area contributed by atoms with Gasteiger partial charge in [-0.15, -0.1) is 0 Å². The third kappa shape index (κ3) is 4.00. The van der Waals surface area contributed by atoms with Gasteiger partial charge in [0.1, 0.15) is 6.61 Å². The smallest absolute Gasteiger partial charge is 0.194 e. The third-order valence-electron chi connectivity index (χ3n) is 4.93. The van der Waals surface area contributed by atoms with Crippen LogP contribution in [0.5, 0.6) is 5.75 Å². The highest BCUT2D eigenvalue weighted by molar-refractivity contribution is 5.34. The van der Waals surface area contributed by atoms with E-state index in [4.69, 9.17) is 4.74 Å². The summed E-state index contributed by atoms with van der Waals surface area (Å²) in [6.07, 6.45) is 3.81. The molecule has 0 saturated heterocycles. The maximum atomic E-state index is 14.3. The molecule has 1 aliphatic rings. The Labute approximate surface area is 148 Å². The molecule has 0 radical (unpaired) electrons. The Morgan fingerprint density at radius 3 is 1.88 bits per heavy atom. The summed E-state index contributed by atoms with van der Waals surface area (Å²) in [5.41, 5.74) is 0.531. The summed E-state index contributed by atoms with van der Waals surface area (Å²) in [7, 11) is 0. The van der Waals surface area contributed by atoms with Crippen molar-refractivity contribution in [3.63, 3.8) is 0 Å². The zero-order chi connectivity index (χ0) is 18.8. The SMILES string of the molecule is CC1CCC(c2cc(F)c(OCc3cc(F)c(F)c(F)c3)c(F)c2)CC1. The predicted molar refractivity (Wildman–Crippen MR) is 87.4 cm³/mol. The lowest BCUT2D eigenvalue weighted by molar-refractivity contribution is 0.271. The van der Waals surface area contributed by atoms with Crippen LogP contribution in [0, 0.1) is 35.0 Å². The second-order valence-electron chi connectivity index (χ2n) is 6.93. The number of benzene rings is 2. The Bertz CT molecular complexity index is 751. The lowest BCUT2D eigenvalue weighted by atomic mass is 9.79. The van der Waals surface area contributed by atoms with Crippen LogP contribution in [0.15, 0.2) is 24.3 Å². The van der Waals surface area contributed by atoms with Crippen molar-refractivity contribution < 1.29 is 26.7 Å². The molecule has 0 aromatic heterocycles. The quantitative estimate of drug-likeness (QED) is 0.456. The average Bonchev–Trinajstić information content (AvgIpc) is 2.59. The van der Waals surface area contributed by atoms with Crippen molar-refractivity contribution in [2.75, 3.05) is 0 Å². The van der Waals surface area contributed by atoms with Crippen LogP contribution in [0.3, 0.4) is 0 Å². The second kappa shape index (κ2) is 7.64. The van der Waals surface area contributed by atoms with Gasteiger partial charge in [-0.25, -0.2) is 22.0 Å². The first-order valence-electron chi connectivity index (χ1n) is 8.60. The van der Waals surface area contributed by atoms with Crippen molar-refractivity contribution in [1.29, 1.82) is 0 Å². The van der Waals surface area contributed by atoms with Gasteiger partial charge in [0.2, 0.25) is 0 Å². The lowest BCUT2D eigenvalue weighted by Crippen LogP contribution is -2.12. The number of hydrogen-bond donors (Lipinski definition) is 0. The molecule has 2 aromatic carbocycles. The van der Waals surface area contributed by atoms with E-state index in [-0.39, 0.29) is 11.5 Å². The van der Waals surface area contributed by atoms with Crippen LogP contribution in [0.4, 0.5) is 22.0 Å². The predicted octanol–water partition coefficient (Wildman–Crippen LogP) is 6.25. The monoisotopic (exact) mass is 370 g/mol. The van der Waals surface area contributed by atoms with Crippen molar-refractivity contribution in [3.05, 3.63) is 64.5 Å². The summed E-state index contributed by atoms with van der Waals surface area (Å²) in [5, 5.41) is 0. The summed E-state index contributed by atoms with van der Waals surface area (Å²) >= 11 is 0. The fraction of sp³-hybridized carbons (Fsp3) is 0.400. The van der Waals surface area contributed by atoms with Crippen molar-refractivity contribution in [2.24, 2.45) is 5.92 Å². The molecule has 0 aliphatic heterocycles. The molecule has 0 amide bonds. The van der Waals surface area contributed by atoms with Gasteiger partial charge in [-0.1, -0.05) is 19.8 Å². The molecular formula is C20H19F5O. The Morgan fingerprint density at radius 1 is 0.808 bits per heavy atom. The normalized spacial score (nSPS) is 20.2. The highest BCUT2D eigenvalue weighted by Gasteiger charge is 2.23. The lowest BCUT2D eigenvalue weighted by Gasteiger charge is -2.26. The molecule has 6 heteroatoms. The molecule has 1 fully saturated rings. The van der Waals surface area contributed by atoms with Crippen molar-refractivity contribution >= 4 is 0 Å². The average molecular weight is 370 g/mol. The molecule has 1 nitrogen and oxygen atoms in total. The highest BCUT2D eigenvalue weighted by atomic mass is 19.2. The van der Waals surface area contributed by atoms with E-state index >= 15 is 0 Å². The summed E-state index contributed by atoms with van der Waals surface area (Å²) < 4.78 is 73.0. The molecule has 140 valence electrons. The van der Waals surface area contributed by atoms with Gasteiger partial charge < -0.3 is 4.74 Å². The van der Waals surface area contributed by atoms with Crippen LogP contribution in [0.1, 0.15) is 49.7 Å². The fourth-order valence-corrected chi connectivity index (χ4v) is 3.39. The highest BCUT2D eigenvalue weighted by Crippen LogP contribution is 2.37. The van der Waals surface area contributed by atoms with Crippen molar-refractivity contribution in [2.45, 2.75) is 45.1 Å². The van der Waals surface area contributed by atoms with Gasteiger partial charge in [-0.2, -0.15) is 0 Å². The zero-order valence-corrected chi connectivity index (χ0v) is 14.3. The minimum absolute atomic E-state index is 0.0643. The molecule has 0 unspecified atom stereocenters. The summed E-state index contributed by atoms with van der Waals surface area (Å²) in [5.74, 6) is -5.95. The zero-order valence-electron chi connectivity index (χ0n) is 14.3. The molecular weight excluding hydrogens is 351 g/mol. The van der Waals surface area contributed by atoms with Gasteiger partial charge in [0.25, 0.3) is 0 Å². The minimum atomic E-state index is -1.60. The van der Waals surface area contributed by atoms with E-state index in [2.05, 4.69) is 6.92 Å². The van der Waals surface area contributed by atoms with Crippen molar-refractivity contribution in [3.8, 4) is 5.75 Å². The van der Waals surface area contributed by atoms with Crippen molar-refractivity contribution in [1.82, 2.24) is 0 Å². The molecule has 0 heterocycles. The second-order valence-corrected chi connectivity index (χ2v) is 6.93. The van der Waals surface area contributed by atoms with E-state index in [9.17, 15) is 22.0 Å². The van der Waals surface area contributed by atoms with Crippen LogP contribution >= 0.6 is 0 Å². The maximum Gasteiger partial charge on any atom is 0.194 e. The summed E-state index contributed by atoms with van der Waals surface area (Å²) in [6, 6.07) is 3.97. The Kier molecular flexibility index (Phi) is 5.49. The molecule has 0 spiro atoms. The Hall–Kier alpha value is -2.11. The molecule has 0 N–H and O–H groups in total. The summed E-state index contributed by atoms with van der Waals surface area (Å²) in [6.45, 7) is 1.68. The summed E-state index contributed by atoms with van der Waals surface area (Å²) in [4.78, 5) is 0. The first kappa shape index (κ1) is 18.7. The van der Waals surface area contributed by atoms with E-state index in [0.717, 1.165) is 37.8 Å². The van der Waals surface area contributed by atoms with Crippen LogP contribution in [0.25, 0.3) is 0 Å². The van der Waals surface area contributed by atoms with Crippen LogP contribution in [-0.2, 0) is 6.61 Å². The van der Waals surface area contributed by atoms with Crippen LogP contribution in [-0.4, -0.2) is 0 Å². The van der Waals surface area contributed by atoms with Gasteiger partial charge in [0, 0.05) is 0 Å². The molecule has 1 saturated carbocycles. The maximum absolute atomic E-state index is 14.3. The molecule has 1 aliphatic carbocycles. The number of rotatable bonds is 4. The van der Waals surface area contributed by atoms with Gasteiger partial charge in [-0.3, -0.25) is 0 Å². The van der Waals surface area contributed by atoms with Crippen LogP contribution in [0.2, 0.25) is 0 Å². The van der Waals surface area contributed by atoms with Crippen LogP contribution < -0.4 is 4.74 Å². The molecule has 3 rings (SSSR count). The van der Waals surface area contributed by atoms with E-state index in [0.29, 0.717) is 11.5 Å². The van der Waals surface area contributed by atoms with Gasteiger partial charge in [0.15, 0.2) is 34.8 Å². The van der Waals surface area contributed by atoms with Gasteiger partial charge in [-0.05, 0) is 60.1 Å². The number of halogens is 5. The number of ether oxygens (including phenoxy) is 1. The largest absolute Gasteiger partial charge is 0.483 e.